The van der Waals surface area contributed by atoms with E-state index in [0.29, 0.717) is 18.2 Å². The third-order valence-corrected chi connectivity index (χ3v) is 7.32. The van der Waals surface area contributed by atoms with Crippen LogP contribution >= 0.6 is 0 Å². The molecule has 1 aliphatic heterocycles. The molecule has 6 rings (SSSR count). The molecule has 5 heterocycles. The van der Waals surface area contributed by atoms with Gasteiger partial charge < -0.3 is 10.6 Å². The third kappa shape index (κ3) is 4.76. The average Bonchev–Trinajstić information content (AvgIpc) is 3.37. The molecular weight excluding hydrogens is 504 g/mol. The highest BCUT2D eigenvalue weighted by molar-refractivity contribution is 5.79. The first-order valence-corrected chi connectivity index (χ1v) is 13.4. The molecule has 1 unspecified atom stereocenters. The number of nitrogens with two attached hydrogens (primary N) is 1. The number of aromatic nitrogens is 6. The van der Waals surface area contributed by atoms with Gasteiger partial charge in [-0.15, -0.1) is 5.92 Å². The molecule has 1 atom stereocenters. The van der Waals surface area contributed by atoms with Crippen molar-refractivity contribution in [2.24, 2.45) is 5.73 Å². The number of pyridine rings is 2. The predicted molar refractivity (Wildman–Crippen MR) is 155 cm³/mol. The lowest BCUT2D eigenvalue weighted by atomic mass is 10.1. The van der Waals surface area contributed by atoms with Gasteiger partial charge in [-0.05, 0) is 49.6 Å². The van der Waals surface area contributed by atoms with Gasteiger partial charge in [-0.1, -0.05) is 30.2 Å². The topological polar surface area (TPSA) is 117 Å². The summed E-state index contributed by atoms with van der Waals surface area (Å²) in [4.78, 5) is 44.1. The van der Waals surface area contributed by atoms with E-state index in [1.807, 2.05) is 48.5 Å². The van der Waals surface area contributed by atoms with Gasteiger partial charge in [0.05, 0.1) is 30.8 Å². The van der Waals surface area contributed by atoms with Crippen LogP contribution in [0.2, 0.25) is 0 Å². The molecular formula is C30H30N8O2. The van der Waals surface area contributed by atoms with Crippen molar-refractivity contribution in [1.29, 1.82) is 0 Å². The summed E-state index contributed by atoms with van der Waals surface area (Å²) in [5.41, 5.74) is 8.32. The zero-order valence-corrected chi connectivity index (χ0v) is 22.3. The van der Waals surface area contributed by atoms with E-state index in [0.717, 1.165) is 35.9 Å². The van der Waals surface area contributed by atoms with Gasteiger partial charge in [0, 0.05) is 36.9 Å². The van der Waals surface area contributed by atoms with Crippen LogP contribution in [0.4, 0.5) is 5.95 Å². The van der Waals surface area contributed by atoms with Crippen molar-refractivity contribution in [2.45, 2.75) is 45.4 Å². The number of rotatable bonds is 6. The van der Waals surface area contributed by atoms with Gasteiger partial charge in [-0.25, -0.2) is 14.3 Å². The summed E-state index contributed by atoms with van der Waals surface area (Å²) in [6, 6.07) is 15.3. The molecule has 0 spiro atoms. The van der Waals surface area contributed by atoms with Crippen molar-refractivity contribution in [2.75, 3.05) is 18.0 Å². The summed E-state index contributed by atoms with van der Waals surface area (Å²) in [7, 11) is 0. The van der Waals surface area contributed by atoms with E-state index in [1.54, 1.807) is 23.9 Å². The number of nitrogens with zero attached hydrogens (tertiary/aromatic N) is 7. The van der Waals surface area contributed by atoms with Crippen LogP contribution in [0.1, 0.15) is 31.0 Å². The Morgan fingerprint density at radius 2 is 1.77 bits per heavy atom. The number of anilines is 1. The molecule has 0 saturated carbocycles. The quantitative estimate of drug-likeness (QED) is 0.333. The van der Waals surface area contributed by atoms with Gasteiger partial charge in [0.25, 0.3) is 11.1 Å². The largest absolute Gasteiger partial charge is 0.341 e. The van der Waals surface area contributed by atoms with Crippen molar-refractivity contribution in [3.63, 3.8) is 0 Å². The van der Waals surface area contributed by atoms with Gasteiger partial charge in [-0.2, -0.15) is 0 Å². The monoisotopic (exact) mass is 534 g/mol. The molecule has 0 bridgehead atoms. The fraction of sp³-hybridized carbons (Fsp3) is 0.300. The Bertz CT molecular complexity index is 1880. The summed E-state index contributed by atoms with van der Waals surface area (Å²) in [5.74, 6) is 6.53. The smallest absolute Gasteiger partial charge is 0.293 e. The molecule has 4 aromatic heterocycles. The first-order valence-electron chi connectivity index (χ1n) is 13.4. The van der Waals surface area contributed by atoms with E-state index in [2.05, 4.69) is 21.7 Å². The molecule has 0 amide bonds. The molecule has 1 aromatic carbocycles. The Hall–Kier alpha value is -4.75. The minimum absolute atomic E-state index is 0.00162. The number of imidazole rings is 1. The highest BCUT2D eigenvalue weighted by Gasteiger charge is 2.27. The number of para-hydroxylation sites is 1. The summed E-state index contributed by atoms with van der Waals surface area (Å²) < 4.78 is 4.71. The summed E-state index contributed by atoms with van der Waals surface area (Å²) in [6.07, 6.45) is 5.17. The van der Waals surface area contributed by atoms with Crippen LogP contribution in [0.5, 0.6) is 0 Å². The van der Waals surface area contributed by atoms with Crippen molar-refractivity contribution < 1.29 is 0 Å². The van der Waals surface area contributed by atoms with E-state index in [1.165, 1.54) is 9.36 Å². The predicted octanol–water partition coefficient (Wildman–Crippen LogP) is 2.35. The molecule has 10 nitrogen and oxygen atoms in total. The van der Waals surface area contributed by atoms with E-state index in [4.69, 9.17) is 15.7 Å². The highest BCUT2D eigenvalue weighted by atomic mass is 16.2. The maximum Gasteiger partial charge on any atom is 0.293 e. The van der Waals surface area contributed by atoms with E-state index in [9.17, 15) is 9.59 Å². The van der Waals surface area contributed by atoms with Gasteiger partial charge in [-0.3, -0.25) is 24.1 Å². The number of hydrogen-bond acceptors (Lipinski definition) is 7. The highest BCUT2D eigenvalue weighted by Crippen LogP contribution is 2.22. The average molecular weight is 535 g/mol. The van der Waals surface area contributed by atoms with Crippen LogP contribution in [0.25, 0.3) is 21.9 Å². The summed E-state index contributed by atoms with van der Waals surface area (Å²) >= 11 is 0. The lowest BCUT2D eigenvalue weighted by molar-refractivity contribution is 0.466. The van der Waals surface area contributed by atoms with Crippen molar-refractivity contribution in [1.82, 2.24) is 28.9 Å². The van der Waals surface area contributed by atoms with Gasteiger partial charge >= 0.3 is 0 Å². The summed E-state index contributed by atoms with van der Waals surface area (Å²) in [6.45, 7) is 3.65. The van der Waals surface area contributed by atoms with Crippen LogP contribution in [0.3, 0.4) is 0 Å². The third-order valence-electron chi connectivity index (χ3n) is 7.32. The molecule has 10 heteroatoms. The second kappa shape index (κ2) is 10.8. The normalized spacial score (nSPS) is 15.3. The minimum atomic E-state index is -0.349. The Balaban J connectivity index is 1.57. The maximum absolute atomic E-state index is 14.3. The molecule has 5 aromatic rings. The Kier molecular flexibility index (Phi) is 6.88. The van der Waals surface area contributed by atoms with Crippen LogP contribution in [0.15, 0.2) is 70.5 Å². The molecule has 40 heavy (non-hydrogen) atoms. The second-order valence-corrected chi connectivity index (χ2v) is 10.0. The Morgan fingerprint density at radius 1 is 0.975 bits per heavy atom. The minimum Gasteiger partial charge on any atom is -0.341 e. The number of hydrogen-bond donors (Lipinski definition) is 1. The first kappa shape index (κ1) is 25.5. The lowest BCUT2D eigenvalue weighted by Gasteiger charge is -2.31. The number of fused-ring (bicyclic) bond motifs is 2. The van der Waals surface area contributed by atoms with Crippen molar-refractivity contribution in [3.05, 3.63) is 92.9 Å². The molecule has 1 saturated heterocycles. The number of piperidine rings is 1. The fourth-order valence-electron chi connectivity index (χ4n) is 5.34. The molecule has 0 aliphatic carbocycles. The van der Waals surface area contributed by atoms with Gasteiger partial charge in [0.15, 0.2) is 5.52 Å². The molecule has 2 N–H and O–H groups in total. The van der Waals surface area contributed by atoms with Crippen LogP contribution in [0, 0.1) is 11.8 Å². The zero-order chi connectivity index (χ0) is 27.6. The molecule has 1 fully saturated rings. The summed E-state index contributed by atoms with van der Waals surface area (Å²) in [5, 5.41) is 1.00. The van der Waals surface area contributed by atoms with Crippen molar-refractivity contribution >= 4 is 27.9 Å². The lowest BCUT2D eigenvalue weighted by Crippen LogP contribution is -2.44. The van der Waals surface area contributed by atoms with Gasteiger partial charge in [0.1, 0.15) is 5.52 Å². The Labute approximate surface area is 230 Å². The van der Waals surface area contributed by atoms with E-state index >= 15 is 0 Å². The standard InChI is InChI=1S/C30H30N8O2/c1-2-3-17-36-27-26(34-30(36)35-16-6-8-23(31)19-35)28(39)37(18-21-12-14-32-15-13-21)38(29(27)40)20-24-11-10-22-7-4-5-9-25(22)33-24/h4-5,7,9-15,23H,6,8,16-20,31H2,1H3. The molecule has 1 aliphatic rings. The first-order chi connectivity index (χ1) is 19.5. The SMILES string of the molecule is CC#CCn1c(N2CCCC(N)C2)nc2c(=O)n(Cc3ccncc3)n(Cc3ccc4ccccc4n3)c(=O)c21. The van der Waals surface area contributed by atoms with Crippen LogP contribution in [-0.2, 0) is 19.6 Å². The van der Waals surface area contributed by atoms with Crippen LogP contribution < -0.4 is 21.8 Å². The number of benzene rings is 1. The van der Waals surface area contributed by atoms with E-state index < -0.39 is 0 Å². The zero-order valence-electron chi connectivity index (χ0n) is 22.3. The Morgan fingerprint density at radius 3 is 2.58 bits per heavy atom. The van der Waals surface area contributed by atoms with E-state index in [-0.39, 0.29) is 47.8 Å². The molecule has 202 valence electrons. The fourth-order valence-corrected chi connectivity index (χ4v) is 5.34. The maximum atomic E-state index is 14.3. The van der Waals surface area contributed by atoms with Crippen molar-refractivity contribution in [3.8, 4) is 11.8 Å². The van der Waals surface area contributed by atoms with Gasteiger partial charge in [0.2, 0.25) is 5.95 Å². The second-order valence-electron chi connectivity index (χ2n) is 10.0. The molecule has 0 radical (unpaired) electrons. The van der Waals surface area contributed by atoms with Crippen LogP contribution in [-0.4, -0.2) is 48.0 Å².